The van der Waals surface area contributed by atoms with E-state index in [1.54, 1.807) is 0 Å². The van der Waals surface area contributed by atoms with E-state index in [9.17, 15) is 10.2 Å². The van der Waals surface area contributed by atoms with Gasteiger partial charge in [0.2, 0.25) is 0 Å². The molecule has 0 bridgehead atoms. The van der Waals surface area contributed by atoms with Crippen molar-refractivity contribution in [3.05, 3.63) is 64.2 Å². The number of aliphatic hydroxyl groups excluding tert-OH is 2. The molecular formula is C26H34ClNO4. The van der Waals surface area contributed by atoms with E-state index >= 15 is 0 Å². The van der Waals surface area contributed by atoms with E-state index in [0.717, 1.165) is 60.8 Å². The highest BCUT2D eigenvalue weighted by Crippen LogP contribution is 2.34. The lowest BCUT2D eigenvalue weighted by Gasteiger charge is -2.38. The van der Waals surface area contributed by atoms with Crippen LogP contribution in [0.2, 0.25) is 5.02 Å². The third kappa shape index (κ3) is 6.24. The Balaban J connectivity index is 1.43. The fourth-order valence-electron chi connectivity index (χ4n) is 4.73. The molecule has 0 saturated carbocycles. The lowest BCUT2D eigenvalue weighted by atomic mass is 9.93. The molecule has 32 heavy (non-hydrogen) atoms. The van der Waals surface area contributed by atoms with Crippen LogP contribution in [-0.2, 0) is 11.2 Å². The SMILES string of the molecule is CCOc1ccc(Cc2cc(C3CC(O)CC(CN4CCC(O)CC4)O3)ccc2Cl)cc1. The first kappa shape index (κ1) is 23.5. The number of hydrogen-bond donors (Lipinski definition) is 2. The number of benzene rings is 2. The molecule has 3 atom stereocenters. The van der Waals surface area contributed by atoms with Crippen molar-refractivity contribution < 1.29 is 19.7 Å². The Kier molecular flexibility index (Phi) is 8.08. The van der Waals surface area contributed by atoms with Gasteiger partial charge in [0.15, 0.2) is 0 Å². The van der Waals surface area contributed by atoms with Crippen LogP contribution in [0.15, 0.2) is 42.5 Å². The number of nitrogens with zero attached hydrogens (tertiary/aromatic N) is 1. The minimum atomic E-state index is -0.376. The van der Waals surface area contributed by atoms with Crippen molar-refractivity contribution in [2.45, 2.75) is 63.4 Å². The van der Waals surface area contributed by atoms with Crippen LogP contribution < -0.4 is 4.74 Å². The monoisotopic (exact) mass is 459 g/mol. The van der Waals surface area contributed by atoms with E-state index in [-0.39, 0.29) is 24.4 Å². The number of likely N-dealkylation sites (tertiary alicyclic amines) is 1. The zero-order chi connectivity index (χ0) is 22.5. The molecule has 2 aliphatic rings. The molecule has 2 fully saturated rings. The van der Waals surface area contributed by atoms with Crippen LogP contribution >= 0.6 is 11.6 Å². The van der Waals surface area contributed by atoms with Gasteiger partial charge in [0.05, 0.1) is 31.0 Å². The second kappa shape index (κ2) is 11.0. The predicted molar refractivity (Wildman–Crippen MR) is 126 cm³/mol. The average molecular weight is 460 g/mol. The summed E-state index contributed by atoms with van der Waals surface area (Å²) >= 11 is 6.52. The zero-order valence-corrected chi connectivity index (χ0v) is 19.5. The third-order valence-corrected chi connectivity index (χ3v) is 6.84. The Bertz CT molecular complexity index is 867. The smallest absolute Gasteiger partial charge is 0.119 e. The van der Waals surface area contributed by atoms with Crippen LogP contribution in [0, 0.1) is 0 Å². The Morgan fingerprint density at radius 1 is 1.03 bits per heavy atom. The molecule has 2 saturated heterocycles. The number of halogens is 1. The van der Waals surface area contributed by atoms with Gasteiger partial charge in [-0.15, -0.1) is 0 Å². The van der Waals surface area contributed by atoms with E-state index in [1.165, 1.54) is 5.56 Å². The van der Waals surface area contributed by atoms with Crippen LogP contribution in [0.3, 0.4) is 0 Å². The van der Waals surface area contributed by atoms with Gasteiger partial charge in [-0.05, 0) is 61.1 Å². The minimum Gasteiger partial charge on any atom is -0.494 e. The van der Waals surface area contributed by atoms with Crippen molar-refractivity contribution in [2.24, 2.45) is 0 Å². The molecule has 2 aromatic rings. The second-order valence-corrected chi connectivity index (χ2v) is 9.42. The number of piperidine rings is 1. The summed E-state index contributed by atoms with van der Waals surface area (Å²) < 4.78 is 12.0. The molecule has 3 unspecified atom stereocenters. The quantitative estimate of drug-likeness (QED) is 0.643. The van der Waals surface area contributed by atoms with Gasteiger partial charge in [0.1, 0.15) is 5.75 Å². The van der Waals surface area contributed by atoms with E-state index in [0.29, 0.717) is 19.4 Å². The molecule has 0 aliphatic carbocycles. The van der Waals surface area contributed by atoms with E-state index in [1.807, 2.05) is 31.2 Å². The number of rotatable bonds is 7. The normalized spacial score (nSPS) is 25.1. The van der Waals surface area contributed by atoms with Crippen LogP contribution in [0.4, 0.5) is 0 Å². The lowest BCUT2D eigenvalue weighted by Crippen LogP contribution is -2.44. The van der Waals surface area contributed by atoms with E-state index in [4.69, 9.17) is 21.1 Å². The lowest BCUT2D eigenvalue weighted by molar-refractivity contribution is -0.109. The highest BCUT2D eigenvalue weighted by Gasteiger charge is 2.31. The van der Waals surface area contributed by atoms with Gasteiger partial charge in [0, 0.05) is 37.5 Å². The fraction of sp³-hybridized carbons (Fsp3) is 0.538. The molecule has 0 aromatic heterocycles. The van der Waals surface area contributed by atoms with Crippen molar-refractivity contribution in [1.29, 1.82) is 0 Å². The molecule has 0 amide bonds. The van der Waals surface area contributed by atoms with Gasteiger partial charge in [0.25, 0.3) is 0 Å². The standard InChI is InChI=1S/C26H34ClNO4/c1-2-31-23-6-3-18(4-7-23)13-20-14-19(5-8-25(20)27)26-16-22(30)15-24(32-26)17-28-11-9-21(29)10-12-28/h3-8,14,21-22,24,26,29-30H,2,9-13,15-17H2,1H3. The van der Waals surface area contributed by atoms with Gasteiger partial charge < -0.3 is 24.6 Å². The molecule has 2 aromatic carbocycles. The van der Waals surface area contributed by atoms with Crippen LogP contribution in [-0.4, -0.2) is 59.7 Å². The summed E-state index contributed by atoms with van der Waals surface area (Å²) in [5.41, 5.74) is 3.29. The fourth-order valence-corrected chi connectivity index (χ4v) is 4.92. The van der Waals surface area contributed by atoms with Crippen molar-refractivity contribution >= 4 is 11.6 Å². The first-order valence-corrected chi connectivity index (χ1v) is 12.1. The van der Waals surface area contributed by atoms with E-state index < -0.39 is 0 Å². The highest BCUT2D eigenvalue weighted by molar-refractivity contribution is 6.31. The summed E-state index contributed by atoms with van der Waals surface area (Å²) in [6.45, 7) is 5.20. The molecule has 6 heteroatoms. The average Bonchev–Trinajstić information content (AvgIpc) is 2.78. The molecule has 0 radical (unpaired) electrons. The Morgan fingerprint density at radius 3 is 2.50 bits per heavy atom. The molecule has 174 valence electrons. The Hall–Kier alpha value is -1.63. The molecule has 5 nitrogen and oxygen atoms in total. The molecular weight excluding hydrogens is 426 g/mol. The van der Waals surface area contributed by atoms with Crippen molar-refractivity contribution in [3.63, 3.8) is 0 Å². The summed E-state index contributed by atoms with van der Waals surface area (Å²) in [6, 6.07) is 14.2. The van der Waals surface area contributed by atoms with Gasteiger partial charge in [-0.1, -0.05) is 35.9 Å². The summed E-state index contributed by atoms with van der Waals surface area (Å²) in [4.78, 5) is 2.34. The van der Waals surface area contributed by atoms with Gasteiger partial charge in [-0.3, -0.25) is 0 Å². The largest absolute Gasteiger partial charge is 0.494 e. The molecule has 2 N–H and O–H groups in total. The van der Waals surface area contributed by atoms with Crippen LogP contribution in [0.25, 0.3) is 0 Å². The van der Waals surface area contributed by atoms with Gasteiger partial charge >= 0.3 is 0 Å². The predicted octanol–water partition coefficient (Wildman–Crippen LogP) is 4.37. The first-order valence-electron chi connectivity index (χ1n) is 11.7. The maximum absolute atomic E-state index is 10.5. The molecule has 0 spiro atoms. The number of hydrogen-bond acceptors (Lipinski definition) is 5. The second-order valence-electron chi connectivity index (χ2n) is 9.01. The summed E-state index contributed by atoms with van der Waals surface area (Å²) in [7, 11) is 0. The number of ether oxygens (including phenoxy) is 2. The number of aliphatic hydroxyl groups is 2. The third-order valence-electron chi connectivity index (χ3n) is 6.47. The Morgan fingerprint density at radius 2 is 1.78 bits per heavy atom. The maximum atomic E-state index is 10.5. The highest BCUT2D eigenvalue weighted by atomic mass is 35.5. The van der Waals surface area contributed by atoms with Gasteiger partial charge in [-0.2, -0.15) is 0 Å². The van der Waals surface area contributed by atoms with Crippen LogP contribution in [0.5, 0.6) is 5.75 Å². The summed E-state index contributed by atoms with van der Waals surface area (Å²) in [6.07, 6.45) is 2.89. The minimum absolute atomic E-state index is 0.00997. The summed E-state index contributed by atoms with van der Waals surface area (Å²) in [5.74, 6) is 0.870. The van der Waals surface area contributed by atoms with Gasteiger partial charge in [-0.25, -0.2) is 0 Å². The van der Waals surface area contributed by atoms with Crippen molar-refractivity contribution in [1.82, 2.24) is 4.90 Å². The van der Waals surface area contributed by atoms with E-state index in [2.05, 4.69) is 23.1 Å². The Labute approximate surface area is 195 Å². The topological polar surface area (TPSA) is 62.2 Å². The molecule has 4 rings (SSSR count). The van der Waals surface area contributed by atoms with Crippen molar-refractivity contribution in [3.8, 4) is 5.75 Å². The maximum Gasteiger partial charge on any atom is 0.119 e. The van der Waals surface area contributed by atoms with Crippen LogP contribution in [0.1, 0.15) is 55.4 Å². The molecule has 2 heterocycles. The zero-order valence-electron chi connectivity index (χ0n) is 18.8. The van der Waals surface area contributed by atoms with Crippen molar-refractivity contribution in [2.75, 3.05) is 26.2 Å². The summed E-state index contributed by atoms with van der Waals surface area (Å²) in [5, 5.41) is 21.0. The first-order chi connectivity index (χ1) is 15.5. The molecule has 2 aliphatic heterocycles.